The third kappa shape index (κ3) is 3.20. The minimum absolute atomic E-state index is 0.0436. The van der Waals surface area contributed by atoms with Crippen molar-refractivity contribution < 1.29 is 5.11 Å². The lowest BCUT2D eigenvalue weighted by Gasteiger charge is -2.56. The van der Waals surface area contributed by atoms with Crippen LogP contribution >= 0.6 is 0 Å². The van der Waals surface area contributed by atoms with E-state index in [0.717, 1.165) is 32.1 Å². The van der Waals surface area contributed by atoms with E-state index in [1.54, 1.807) is 0 Å². The summed E-state index contributed by atoms with van der Waals surface area (Å²) in [4.78, 5) is 3.16. The molecule has 1 aromatic heterocycles. The Bertz CT molecular complexity index is 1060. The Hall–Kier alpha value is -2.56. The van der Waals surface area contributed by atoms with Gasteiger partial charge < -0.3 is 5.11 Å². The highest BCUT2D eigenvalue weighted by molar-refractivity contribution is 5.72. The lowest BCUT2D eigenvalue weighted by atomic mass is 9.49. The minimum atomic E-state index is -0.0436. The Morgan fingerprint density at radius 1 is 1.25 bits per heavy atom. The van der Waals surface area contributed by atoms with E-state index in [1.165, 1.54) is 22.4 Å². The van der Waals surface area contributed by atoms with Crippen LogP contribution in [0.4, 0.5) is 0 Å². The lowest BCUT2D eigenvalue weighted by molar-refractivity contribution is -0.0513. The summed E-state index contributed by atoms with van der Waals surface area (Å²) in [7, 11) is 0. The van der Waals surface area contributed by atoms with E-state index in [4.69, 9.17) is 0 Å². The molecule has 2 aromatic rings. The number of H-pyrrole nitrogens is 1. The van der Waals surface area contributed by atoms with E-state index < -0.39 is 0 Å². The van der Waals surface area contributed by atoms with Crippen molar-refractivity contribution in [3.63, 3.8) is 0 Å². The summed E-state index contributed by atoms with van der Waals surface area (Å²) in [6.45, 7) is 5.49. The number of aromatic amines is 1. The van der Waals surface area contributed by atoms with Gasteiger partial charge in [0.1, 0.15) is 0 Å². The predicted molar refractivity (Wildman–Crippen MR) is 126 cm³/mol. The van der Waals surface area contributed by atoms with Crippen LogP contribution in [-0.4, -0.2) is 28.5 Å². The van der Waals surface area contributed by atoms with Crippen LogP contribution in [0.5, 0.6) is 0 Å². The maximum absolute atomic E-state index is 10.4. The van der Waals surface area contributed by atoms with E-state index >= 15 is 0 Å². The molecule has 0 saturated heterocycles. The molecular formula is C26H33N5O. The molecule has 0 bridgehead atoms. The van der Waals surface area contributed by atoms with Crippen LogP contribution in [-0.2, 0) is 12.8 Å². The maximum Gasteiger partial charge on any atom is 0.0522 e. The van der Waals surface area contributed by atoms with Crippen LogP contribution in [0, 0.1) is 34.5 Å². The molecule has 5 rings (SSSR count). The van der Waals surface area contributed by atoms with Crippen molar-refractivity contribution in [1.82, 2.24) is 10.2 Å². The van der Waals surface area contributed by atoms with E-state index in [-0.39, 0.29) is 23.4 Å². The van der Waals surface area contributed by atoms with Gasteiger partial charge in [-0.2, -0.15) is 5.10 Å². The number of nitrogens with zero attached hydrogens (tertiary/aromatic N) is 4. The van der Waals surface area contributed by atoms with Crippen molar-refractivity contribution >= 4 is 5.57 Å². The van der Waals surface area contributed by atoms with Crippen molar-refractivity contribution in [3.8, 4) is 0 Å². The highest BCUT2D eigenvalue weighted by atomic mass is 16.3. The molecule has 0 radical (unpaired) electrons. The van der Waals surface area contributed by atoms with Crippen molar-refractivity contribution in [3.05, 3.63) is 69.9 Å². The quantitative estimate of drug-likeness (QED) is 0.367. The molecule has 0 amide bonds. The number of hydrogen-bond acceptors (Lipinski definition) is 3. The average Bonchev–Trinajstić information content (AvgIpc) is 3.40. The summed E-state index contributed by atoms with van der Waals surface area (Å²) in [6, 6.07) is 10.8. The zero-order valence-electron chi connectivity index (χ0n) is 19.0. The molecule has 1 fully saturated rings. The lowest BCUT2D eigenvalue weighted by Crippen LogP contribution is -2.52. The molecule has 3 aliphatic carbocycles. The SMILES string of the molecule is C[C@]1([C@H]2CC[C@]3(C)C(c4ccccc4)=CC[C@H]3[C@@H]2CN=[N+]=[N-])Cc2cn[nH]c2C[C@@H]1CO. The van der Waals surface area contributed by atoms with E-state index in [2.05, 4.69) is 70.5 Å². The summed E-state index contributed by atoms with van der Waals surface area (Å²) in [5.41, 5.74) is 14.5. The van der Waals surface area contributed by atoms with Crippen molar-refractivity contribution in [2.45, 2.75) is 46.0 Å². The molecule has 0 aliphatic heterocycles. The van der Waals surface area contributed by atoms with Crippen LogP contribution in [0.3, 0.4) is 0 Å². The molecule has 1 saturated carbocycles. The average molecular weight is 432 g/mol. The second-order valence-electron chi connectivity index (χ2n) is 10.6. The number of allylic oxidation sites excluding steroid dienone is 2. The summed E-state index contributed by atoms with van der Waals surface area (Å²) >= 11 is 0. The van der Waals surface area contributed by atoms with Crippen LogP contribution in [0.2, 0.25) is 0 Å². The van der Waals surface area contributed by atoms with Crippen molar-refractivity contribution in [2.75, 3.05) is 13.2 Å². The van der Waals surface area contributed by atoms with Gasteiger partial charge in [0.25, 0.3) is 0 Å². The van der Waals surface area contributed by atoms with Gasteiger partial charge in [-0.1, -0.05) is 55.4 Å². The molecule has 0 unspecified atom stereocenters. The number of aliphatic hydroxyl groups excluding tert-OH is 1. The Morgan fingerprint density at radius 2 is 2.06 bits per heavy atom. The second kappa shape index (κ2) is 8.09. The Balaban J connectivity index is 1.51. The number of fused-ring (bicyclic) bond motifs is 2. The molecule has 6 heteroatoms. The number of azide groups is 1. The van der Waals surface area contributed by atoms with E-state index in [9.17, 15) is 10.6 Å². The fraction of sp³-hybridized carbons (Fsp3) is 0.577. The Morgan fingerprint density at radius 3 is 2.81 bits per heavy atom. The van der Waals surface area contributed by atoms with Crippen LogP contribution in [0.15, 0.2) is 47.7 Å². The van der Waals surface area contributed by atoms with Gasteiger partial charge >= 0.3 is 0 Å². The molecule has 6 atom stereocenters. The van der Waals surface area contributed by atoms with Gasteiger partial charge in [0.2, 0.25) is 0 Å². The molecule has 2 N–H and O–H groups in total. The third-order valence-corrected chi connectivity index (χ3v) is 9.29. The summed E-state index contributed by atoms with van der Waals surface area (Å²) in [6.07, 6.45) is 9.39. The van der Waals surface area contributed by atoms with Gasteiger partial charge in [-0.25, -0.2) is 0 Å². The fourth-order valence-electron chi connectivity index (χ4n) is 7.53. The highest BCUT2D eigenvalue weighted by Crippen LogP contribution is 2.63. The van der Waals surface area contributed by atoms with E-state index in [1.807, 2.05) is 6.20 Å². The first-order valence-corrected chi connectivity index (χ1v) is 11.9. The van der Waals surface area contributed by atoms with Gasteiger partial charge in [0.15, 0.2) is 0 Å². The highest BCUT2D eigenvalue weighted by Gasteiger charge is 2.56. The normalized spacial score (nSPS) is 36.0. The molecule has 6 nitrogen and oxygen atoms in total. The first-order valence-electron chi connectivity index (χ1n) is 11.9. The Labute approximate surface area is 189 Å². The molecule has 1 heterocycles. The number of benzene rings is 1. The van der Waals surface area contributed by atoms with Crippen LogP contribution < -0.4 is 0 Å². The predicted octanol–water partition coefficient (Wildman–Crippen LogP) is 5.57. The first-order chi connectivity index (χ1) is 15.5. The zero-order chi connectivity index (χ0) is 22.3. The number of rotatable bonds is 5. The molecule has 32 heavy (non-hydrogen) atoms. The standard InChI is InChI=1S/C26H33N5O/c1-25-11-10-23(26(2)13-18-14-28-30-24(18)12-19(26)16-32)20(15-29-31-27)22(25)9-8-21(25)17-6-4-3-5-7-17/h3-8,14,19-20,22-23,32H,9-13,15-16H2,1-2H3,(H,28,30)/t19-,20+,22+,23+,25-,26+/m1/s1. The summed E-state index contributed by atoms with van der Waals surface area (Å²) in [5.74, 6) is 1.33. The summed E-state index contributed by atoms with van der Waals surface area (Å²) in [5, 5.41) is 21.9. The first kappa shape index (κ1) is 21.3. The van der Waals surface area contributed by atoms with Crippen LogP contribution in [0.25, 0.3) is 16.0 Å². The van der Waals surface area contributed by atoms with Gasteiger partial charge in [-0.05, 0) is 88.8 Å². The Kier molecular flexibility index (Phi) is 5.39. The summed E-state index contributed by atoms with van der Waals surface area (Å²) < 4.78 is 0. The van der Waals surface area contributed by atoms with Crippen LogP contribution in [0.1, 0.15) is 49.9 Å². The molecule has 3 aliphatic rings. The third-order valence-electron chi connectivity index (χ3n) is 9.29. The monoisotopic (exact) mass is 431 g/mol. The van der Waals surface area contributed by atoms with E-state index in [0.29, 0.717) is 24.3 Å². The van der Waals surface area contributed by atoms with Gasteiger partial charge in [-0.15, -0.1) is 0 Å². The molecule has 0 spiro atoms. The minimum Gasteiger partial charge on any atom is -0.396 e. The molecular weight excluding hydrogens is 398 g/mol. The maximum atomic E-state index is 10.4. The van der Waals surface area contributed by atoms with Crippen molar-refractivity contribution in [2.24, 2.45) is 39.6 Å². The number of aromatic nitrogens is 2. The zero-order valence-corrected chi connectivity index (χ0v) is 19.0. The number of hydrogen-bond donors (Lipinski definition) is 2. The largest absolute Gasteiger partial charge is 0.396 e. The molecule has 1 aromatic carbocycles. The second-order valence-corrected chi connectivity index (χ2v) is 10.6. The topological polar surface area (TPSA) is 97.7 Å². The van der Waals surface area contributed by atoms with Gasteiger partial charge in [0.05, 0.1) is 6.20 Å². The molecule has 168 valence electrons. The smallest absolute Gasteiger partial charge is 0.0522 e. The number of aliphatic hydroxyl groups is 1. The van der Waals surface area contributed by atoms with Gasteiger partial charge in [0, 0.05) is 23.8 Å². The fourth-order valence-corrected chi connectivity index (χ4v) is 7.53. The van der Waals surface area contributed by atoms with Gasteiger partial charge in [-0.3, -0.25) is 5.10 Å². The number of nitrogens with one attached hydrogen (secondary N) is 1. The van der Waals surface area contributed by atoms with Crippen molar-refractivity contribution in [1.29, 1.82) is 0 Å².